The van der Waals surface area contributed by atoms with Gasteiger partial charge in [0.25, 0.3) is 0 Å². The molecule has 0 spiro atoms. The smallest absolute Gasteiger partial charge is 0.123 e. The number of rotatable bonds is 2. The van der Waals surface area contributed by atoms with E-state index in [4.69, 9.17) is 0 Å². The first-order chi connectivity index (χ1) is 8.68. The summed E-state index contributed by atoms with van der Waals surface area (Å²) in [5.41, 5.74) is 2.72. The normalized spacial score (nSPS) is 21.6. The Bertz CT molecular complexity index is 437. The van der Waals surface area contributed by atoms with Crippen LogP contribution in [0.2, 0.25) is 0 Å². The van der Waals surface area contributed by atoms with Crippen LogP contribution in [-0.4, -0.2) is 5.11 Å². The Hall–Kier alpha value is -1.15. The molecule has 1 aliphatic carbocycles. The number of aliphatic hydroxyl groups is 1. The molecule has 0 aromatic heterocycles. The van der Waals surface area contributed by atoms with Crippen LogP contribution in [0.1, 0.15) is 55.8 Å². The van der Waals surface area contributed by atoms with Gasteiger partial charge in [0, 0.05) is 0 Å². The van der Waals surface area contributed by atoms with Crippen molar-refractivity contribution < 1.29 is 9.50 Å². The molecule has 18 heavy (non-hydrogen) atoms. The zero-order valence-corrected chi connectivity index (χ0v) is 11.0. The quantitative estimate of drug-likeness (QED) is 0.767. The zero-order chi connectivity index (χ0) is 13.0. The molecular formula is C16H21FO. The Balaban J connectivity index is 2.23. The number of hydrogen-bond donors (Lipinski definition) is 1. The average Bonchev–Trinajstić information content (AvgIpc) is 2.31. The first kappa shape index (κ1) is 13.3. The average molecular weight is 248 g/mol. The highest BCUT2D eigenvalue weighted by atomic mass is 19.1. The predicted molar refractivity (Wildman–Crippen MR) is 71.9 cm³/mol. The third-order valence-corrected chi connectivity index (χ3v) is 3.71. The summed E-state index contributed by atoms with van der Waals surface area (Å²) in [6.45, 7) is 1.92. The van der Waals surface area contributed by atoms with E-state index in [9.17, 15) is 9.50 Å². The van der Waals surface area contributed by atoms with Gasteiger partial charge in [0.05, 0.1) is 0 Å². The topological polar surface area (TPSA) is 20.2 Å². The minimum Gasteiger partial charge on any atom is -0.384 e. The summed E-state index contributed by atoms with van der Waals surface area (Å²) >= 11 is 0. The lowest BCUT2D eigenvalue weighted by Crippen LogP contribution is -2.06. The van der Waals surface area contributed by atoms with Crippen LogP contribution in [0.3, 0.4) is 0 Å². The summed E-state index contributed by atoms with van der Waals surface area (Å²) in [6.07, 6.45) is 8.28. The third kappa shape index (κ3) is 3.20. The van der Waals surface area contributed by atoms with Gasteiger partial charge in [-0.2, -0.15) is 0 Å². The molecule has 98 valence electrons. The number of halogens is 1. The Morgan fingerprint density at radius 2 is 1.94 bits per heavy atom. The van der Waals surface area contributed by atoms with Crippen molar-refractivity contribution in [3.8, 4) is 0 Å². The molecule has 1 aromatic carbocycles. The van der Waals surface area contributed by atoms with E-state index < -0.39 is 6.10 Å². The molecular weight excluding hydrogens is 227 g/mol. The van der Waals surface area contributed by atoms with Crippen LogP contribution in [0.25, 0.3) is 0 Å². The van der Waals surface area contributed by atoms with E-state index in [1.807, 2.05) is 6.92 Å². The zero-order valence-electron chi connectivity index (χ0n) is 11.0. The van der Waals surface area contributed by atoms with Gasteiger partial charge in [-0.15, -0.1) is 0 Å². The van der Waals surface area contributed by atoms with Crippen LogP contribution in [0.4, 0.5) is 4.39 Å². The van der Waals surface area contributed by atoms with Crippen LogP contribution in [0.15, 0.2) is 29.8 Å². The molecule has 2 rings (SSSR count). The standard InChI is InChI=1S/C16H21FO/c1-12-9-10-14(17)11-15(12)16(18)13-7-5-3-2-4-6-8-13/h7,9-11,16,18H,2-6,8H2,1H3/b13-7+. The fraction of sp³-hybridized carbons (Fsp3) is 0.500. The molecule has 0 saturated carbocycles. The Morgan fingerprint density at radius 3 is 2.78 bits per heavy atom. The van der Waals surface area contributed by atoms with E-state index in [1.165, 1.54) is 31.4 Å². The molecule has 1 aromatic rings. The maximum atomic E-state index is 13.3. The third-order valence-electron chi connectivity index (χ3n) is 3.71. The first-order valence-electron chi connectivity index (χ1n) is 6.81. The molecule has 0 amide bonds. The summed E-state index contributed by atoms with van der Waals surface area (Å²) in [7, 11) is 0. The molecule has 0 fully saturated rings. The van der Waals surface area contributed by atoms with E-state index in [2.05, 4.69) is 6.08 Å². The predicted octanol–water partition coefficient (Wildman–Crippen LogP) is 4.45. The largest absolute Gasteiger partial charge is 0.384 e. The maximum Gasteiger partial charge on any atom is 0.123 e. The molecule has 1 atom stereocenters. The Morgan fingerprint density at radius 1 is 1.17 bits per heavy atom. The summed E-state index contributed by atoms with van der Waals surface area (Å²) in [5.74, 6) is -0.277. The highest BCUT2D eigenvalue weighted by Crippen LogP contribution is 2.30. The highest BCUT2D eigenvalue weighted by molar-refractivity contribution is 5.33. The second-order valence-electron chi connectivity index (χ2n) is 5.14. The van der Waals surface area contributed by atoms with E-state index in [0.717, 1.165) is 30.4 Å². The van der Waals surface area contributed by atoms with E-state index in [1.54, 1.807) is 6.07 Å². The van der Waals surface area contributed by atoms with E-state index in [0.29, 0.717) is 5.56 Å². The number of hydrogen-bond acceptors (Lipinski definition) is 1. The van der Waals surface area contributed by atoms with Gasteiger partial charge in [-0.1, -0.05) is 25.0 Å². The van der Waals surface area contributed by atoms with E-state index in [-0.39, 0.29) is 5.82 Å². The second-order valence-corrected chi connectivity index (χ2v) is 5.14. The van der Waals surface area contributed by atoms with Gasteiger partial charge in [-0.3, -0.25) is 0 Å². The molecule has 0 heterocycles. The van der Waals surface area contributed by atoms with Crippen molar-refractivity contribution in [1.82, 2.24) is 0 Å². The summed E-state index contributed by atoms with van der Waals surface area (Å²) in [6, 6.07) is 4.63. The van der Waals surface area contributed by atoms with E-state index >= 15 is 0 Å². The van der Waals surface area contributed by atoms with Crippen LogP contribution >= 0.6 is 0 Å². The Kier molecular flexibility index (Phi) is 4.54. The van der Waals surface area contributed by atoms with Crippen LogP contribution < -0.4 is 0 Å². The van der Waals surface area contributed by atoms with Crippen LogP contribution in [-0.2, 0) is 0 Å². The molecule has 1 N–H and O–H groups in total. The fourth-order valence-corrected chi connectivity index (χ4v) is 2.57. The molecule has 0 bridgehead atoms. The van der Waals surface area contributed by atoms with Gasteiger partial charge in [0.15, 0.2) is 0 Å². The molecule has 2 heteroatoms. The second kappa shape index (κ2) is 6.14. The number of aryl methyl sites for hydroxylation is 1. The molecule has 0 radical (unpaired) electrons. The van der Waals surface area contributed by atoms with Crippen molar-refractivity contribution >= 4 is 0 Å². The number of allylic oxidation sites excluding steroid dienone is 1. The number of aliphatic hydroxyl groups excluding tert-OH is 1. The van der Waals surface area contributed by atoms with Gasteiger partial charge >= 0.3 is 0 Å². The van der Waals surface area contributed by atoms with Crippen molar-refractivity contribution in [3.63, 3.8) is 0 Å². The first-order valence-corrected chi connectivity index (χ1v) is 6.81. The summed E-state index contributed by atoms with van der Waals surface area (Å²) < 4.78 is 13.3. The lowest BCUT2D eigenvalue weighted by Gasteiger charge is -2.19. The molecule has 0 saturated heterocycles. The fourth-order valence-electron chi connectivity index (χ4n) is 2.57. The highest BCUT2D eigenvalue weighted by Gasteiger charge is 2.16. The minimum absolute atomic E-state index is 0.277. The van der Waals surface area contributed by atoms with Gasteiger partial charge in [-0.25, -0.2) is 4.39 Å². The minimum atomic E-state index is -0.640. The lowest BCUT2D eigenvalue weighted by molar-refractivity contribution is 0.208. The summed E-state index contributed by atoms with van der Waals surface area (Å²) in [5, 5.41) is 10.4. The molecule has 1 nitrogen and oxygen atoms in total. The van der Waals surface area contributed by atoms with Gasteiger partial charge in [0.2, 0.25) is 0 Å². The SMILES string of the molecule is Cc1ccc(F)cc1C(O)/C1=C/CCCCCC1. The molecule has 1 aliphatic rings. The van der Waals surface area contributed by atoms with Crippen LogP contribution in [0.5, 0.6) is 0 Å². The summed E-state index contributed by atoms with van der Waals surface area (Å²) in [4.78, 5) is 0. The molecule has 0 aliphatic heterocycles. The van der Waals surface area contributed by atoms with Gasteiger partial charge < -0.3 is 5.11 Å². The van der Waals surface area contributed by atoms with Crippen molar-refractivity contribution in [2.75, 3.05) is 0 Å². The van der Waals surface area contributed by atoms with Crippen LogP contribution in [0, 0.1) is 12.7 Å². The monoisotopic (exact) mass is 248 g/mol. The van der Waals surface area contributed by atoms with Gasteiger partial charge in [-0.05, 0) is 61.4 Å². The molecule has 1 unspecified atom stereocenters. The van der Waals surface area contributed by atoms with Crippen molar-refractivity contribution in [2.45, 2.75) is 51.6 Å². The number of benzene rings is 1. The maximum absolute atomic E-state index is 13.3. The van der Waals surface area contributed by atoms with Gasteiger partial charge in [0.1, 0.15) is 11.9 Å². The van der Waals surface area contributed by atoms with Crippen molar-refractivity contribution in [2.24, 2.45) is 0 Å². The van der Waals surface area contributed by atoms with Crippen molar-refractivity contribution in [1.29, 1.82) is 0 Å². The van der Waals surface area contributed by atoms with Crippen molar-refractivity contribution in [3.05, 3.63) is 46.8 Å². The Labute approximate surface area is 108 Å². The lowest BCUT2D eigenvalue weighted by atomic mass is 9.91.